The summed E-state index contributed by atoms with van der Waals surface area (Å²) in [5.74, 6) is -0.178. The minimum atomic E-state index is -1.40. The summed E-state index contributed by atoms with van der Waals surface area (Å²) >= 11 is 0. The number of rotatable bonds is 2. The molecule has 2 heterocycles. The fraction of sp³-hybridized carbons (Fsp3) is 0.556. The van der Waals surface area contributed by atoms with E-state index in [2.05, 4.69) is 0 Å². The van der Waals surface area contributed by atoms with Crippen molar-refractivity contribution in [2.45, 2.75) is 24.5 Å². The predicted octanol–water partition coefficient (Wildman–Crippen LogP) is -3.43. The molecule has 0 radical (unpaired) electrons. The lowest BCUT2D eigenvalue weighted by molar-refractivity contribution is -0.782. The van der Waals surface area contributed by atoms with Crippen LogP contribution in [0.1, 0.15) is 6.23 Å². The number of ether oxygens (including phenoxy) is 1. The Bertz CT molecular complexity index is 504. The molecule has 100 valence electrons. The van der Waals surface area contributed by atoms with Gasteiger partial charge in [0.05, 0.1) is 6.61 Å². The number of nitrogens with two attached hydrogens (primary N) is 1. The smallest absolute Gasteiger partial charge is 0.394 e. The number of nitrogens with zero attached hydrogens (tertiary/aromatic N) is 2. The Kier molecular flexibility index (Phi) is 3.22. The van der Waals surface area contributed by atoms with Gasteiger partial charge in [0.1, 0.15) is 24.5 Å². The van der Waals surface area contributed by atoms with Crippen molar-refractivity contribution in [2.75, 3.05) is 12.3 Å². The highest BCUT2D eigenvalue weighted by Crippen LogP contribution is 2.24. The quantitative estimate of drug-likeness (QED) is 0.275. The number of anilines is 1. The van der Waals surface area contributed by atoms with Crippen LogP contribution in [-0.2, 0) is 4.74 Å². The summed E-state index contributed by atoms with van der Waals surface area (Å²) < 4.78 is 6.21. The first-order valence-electron chi connectivity index (χ1n) is 5.21. The van der Waals surface area contributed by atoms with Crippen LogP contribution in [0.2, 0.25) is 0 Å². The van der Waals surface area contributed by atoms with E-state index >= 15 is 0 Å². The highest BCUT2D eigenvalue weighted by molar-refractivity contribution is 5.23. The molecule has 1 aromatic rings. The third-order valence-electron chi connectivity index (χ3n) is 2.84. The topological polar surface area (TPSA) is 142 Å². The molecule has 18 heavy (non-hydrogen) atoms. The Balaban J connectivity index is 2.39. The van der Waals surface area contributed by atoms with Crippen molar-refractivity contribution in [3.05, 3.63) is 22.7 Å². The molecule has 6 N–H and O–H groups in total. The molecule has 0 aromatic carbocycles. The largest absolute Gasteiger partial charge is 0.541 e. The van der Waals surface area contributed by atoms with Crippen molar-refractivity contribution in [1.29, 1.82) is 0 Å². The van der Waals surface area contributed by atoms with Gasteiger partial charge in [0, 0.05) is 10.8 Å². The van der Waals surface area contributed by atoms with Crippen molar-refractivity contribution >= 4 is 5.82 Å². The van der Waals surface area contributed by atoms with E-state index in [-0.39, 0.29) is 10.5 Å². The molecule has 4 unspecified atom stereocenters. The molecule has 0 bridgehead atoms. The predicted molar refractivity (Wildman–Crippen MR) is 55.5 cm³/mol. The van der Waals surface area contributed by atoms with Crippen LogP contribution >= 0.6 is 0 Å². The molecule has 0 spiro atoms. The fourth-order valence-corrected chi connectivity index (χ4v) is 1.81. The minimum Gasteiger partial charge on any atom is -0.394 e. The molecule has 4 atom stereocenters. The first kappa shape index (κ1) is 12.8. The molecule has 0 saturated carbocycles. The second-order valence-corrected chi connectivity index (χ2v) is 3.97. The van der Waals surface area contributed by atoms with Crippen molar-refractivity contribution in [1.82, 2.24) is 4.73 Å². The first-order chi connectivity index (χ1) is 8.47. The molecule has 1 aliphatic heterocycles. The first-order valence-corrected chi connectivity index (χ1v) is 5.21. The van der Waals surface area contributed by atoms with Gasteiger partial charge in [-0.25, -0.2) is 0 Å². The van der Waals surface area contributed by atoms with Crippen LogP contribution in [0, 0.1) is 0 Å². The van der Waals surface area contributed by atoms with Gasteiger partial charge in [-0.1, -0.05) is 0 Å². The average Bonchev–Trinajstić information content (AvgIpc) is 2.64. The van der Waals surface area contributed by atoms with Gasteiger partial charge in [-0.3, -0.25) is 0 Å². The Morgan fingerprint density at radius 3 is 2.67 bits per heavy atom. The van der Waals surface area contributed by atoms with Gasteiger partial charge in [-0.2, -0.15) is 9.36 Å². The van der Waals surface area contributed by atoms with Crippen molar-refractivity contribution in [2.24, 2.45) is 0 Å². The van der Waals surface area contributed by atoms with E-state index in [1.807, 2.05) is 0 Å². The molecule has 1 aliphatic rings. The summed E-state index contributed by atoms with van der Waals surface area (Å²) in [5.41, 5.74) is 4.38. The lowest BCUT2D eigenvalue weighted by Crippen LogP contribution is -2.60. The monoisotopic (exact) mass is 260 g/mol. The summed E-state index contributed by atoms with van der Waals surface area (Å²) in [6.45, 7) is -0.502. The summed E-state index contributed by atoms with van der Waals surface area (Å²) in [7, 11) is 0. The van der Waals surface area contributed by atoms with Crippen LogP contribution in [0.3, 0.4) is 0 Å². The molecular weight excluding hydrogens is 246 g/mol. The zero-order valence-corrected chi connectivity index (χ0v) is 9.25. The van der Waals surface area contributed by atoms with Crippen LogP contribution in [-0.4, -0.2) is 50.2 Å². The van der Waals surface area contributed by atoms with Crippen LogP contribution in [0.15, 0.2) is 17.1 Å². The van der Waals surface area contributed by atoms with Crippen LogP contribution < -0.4 is 16.0 Å². The van der Waals surface area contributed by atoms with E-state index < -0.39 is 36.8 Å². The lowest BCUT2D eigenvalue weighted by Gasteiger charge is -2.11. The molecule has 9 nitrogen and oxygen atoms in total. The summed E-state index contributed by atoms with van der Waals surface area (Å²) in [6.07, 6.45) is -3.71. The van der Waals surface area contributed by atoms with E-state index in [0.717, 1.165) is 4.57 Å². The van der Waals surface area contributed by atoms with E-state index in [4.69, 9.17) is 15.6 Å². The number of hydrogen-bond donors (Lipinski definition) is 5. The number of aromatic nitrogens is 2. The number of hydrogen-bond acceptors (Lipinski definition) is 7. The average molecular weight is 260 g/mol. The summed E-state index contributed by atoms with van der Waals surface area (Å²) in [4.78, 5) is 11.7. The Labute approximate surface area is 101 Å². The normalized spacial score (nSPS) is 31.7. The number of nitrogen functional groups attached to an aromatic ring is 1. The molecule has 1 fully saturated rings. The molecule has 1 aromatic heterocycles. The molecule has 0 aliphatic carbocycles. The Morgan fingerprint density at radius 1 is 1.44 bits per heavy atom. The zero-order chi connectivity index (χ0) is 13.4. The van der Waals surface area contributed by atoms with Gasteiger partial charge in [-0.05, 0) is 0 Å². The molecule has 9 heteroatoms. The SMILES string of the molecule is Nc1cc[n+](C2OC(CO)C(O)C2O)c(=O)n1O. The van der Waals surface area contributed by atoms with Gasteiger partial charge in [0.2, 0.25) is 12.0 Å². The number of aliphatic hydroxyl groups excluding tert-OH is 3. The van der Waals surface area contributed by atoms with Gasteiger partial charge in [-0.15, -0.1) is 0 Å². The van der Waals surface area contributed by atoms with E-state index in [1.165, 1.54) is 12.3 Å². The maximum Gasteiger partial charge on any atom is 0.541 e. The second-order valence-electron chi connectivity index (χ2n) is 3.97. The van der Waals surface area contributed by atoms with E-state index in [1.54, 1.807) is 0 Å². The maximum atomic E-state index is 11.7. The van der Waals surface area contributed by atoms with Crippen LogP contribution in [0.25, 0.3) is 0 Å². The molecule has 1 saturated heterocycles. The minimum absolute atomic E-state index is 0.178. The highest BCUT2D eigenvalue weighted by Gasteiger charge is 2.47. The maximum absolute atomic E-state index is 11.7. The lowest BCUT2D eigenvalue weighted by atomic mass is 10.1. The van der Waals surface area contributed by atoms with Crippen LogP contribution in [0.5, 0.6) is 0 Å². The van der Waals surface area contributed by atoms with E-state index in [0.29, 0.717) is 0 Å². The summed E-state index contributed by atoms with van der Waals surface area (Å²) in [6, 6.07) is 1.23. The molecule has 0 amide bonds. The summed E-state index contributed by atoms with van der Waals surface area (Å²) in [5, 5.41) is 37.5. The second kappa shape index (κ2) is 4.53. The van der Waals surface area contributed by atoms with Crippen molar-refractivity contribution in [3.63, 3.8) is 0 Å². The fourth-order valence-electron chi connectivity index (χ4n) is 1.81. The molecule has 2 rings (SSSR count). The third-order valence-corrected chi connectivity index (χ3v) is 2.84. The van der Waals surface area contributed by atoms with E-state index in [9.17, 15) is 20.2 Å². The van der Waals surface area contributed by atoms with Gasteiger partial charge >= 0.3 is 5.69 Å². The number of aliphatic hydroxyl groups is 3. The van der Waals surface area contributed by atoms with Gasteiger partial charge < -0.3 is 31.0 Å². The standard InChI is InChI=1S/C9H13N3O6/c10-5-1-2-11(9(16)12(5)17)8-7(15)6(14)4(3-13)18-8/h1-2,4,6-8,10,13-15,17H,3H2/p+1. The van der Waals surface area contributed by atoms with Crippen molar-refractivity contribution < 1.29 is 29.8 Å². The Hall–Kier alpha value is -1.68. The Morgan fingerprint density at radius 2 is 2.11 bits per heavy atom. The zero-order valence-electron chi connectivity index (χ0n) is 9.25. The molecular formula is C9H14N3O6+. The van der Waals surface area contributed by atoms with Crippen LogP contribution in [0.4, 0.5) is 5.82 Å². The van der Waals surface area contributed by atoms with Gasteiger partial charge in [0.15, 0.2) is 0 Å². The highest BCUT2D eigenvalue weighted by atomic mass is 16.6. The van der Waals surface area contributed by atoms with Crippen molar-refractivity contribution in [3.8, 4) is 0 Å². The third kappa shape index (κ3) is 1.82. The van der Waals surface area contributed by atoms with Gasteiger partial charge in [0.25, 0.3) is 0 Å².